The molecule has 0 aliphatic heterocycles. The van der Waals surface area contributed by atoms with Gasteiger partial charge in [0.15, 0.2) is 6.10 Å². The lowest BCUT2D eigenvalue weighted by Gasteiger charge is -2.16. The van der Waals surface area contributed by atoms with Crippen molar-refractivity contribution in [2.45, 2.75) is 19.1 Å². The van der Waals surface area contributed by atoms with Gasteiger partial charge in [0.2, 0.25) is 0 Å². The van der Waals surface area contributed by atoms with Crippen molar-refractivity contribution in [2.75, 3.05) is 6.61 Å². The number of nitrogens with one attached hydrogen (secondary N) is 1. The molecule has 0 fully saturated rings. The zero-order valence-corrected chi connectivity index (χ0v) is 11.3. The molecule has 7 heteroatoms. The Morgan fingerprint density at radius 1 is 1.38 bits per heavy atom. The predicted octanol–water partition coefficient (Wildman–Crippen LogP) is 1.17. The molecule has 2 unspecified atom stereocenters. The van der Waals surface area contributed by atoms with Gasteiger partial charge in [-0.2, -0.15) is 5.10 Å². The minimum atomic E-state index is -1.72. The highest BCUT2D eigenvalue weighted by Crippen LogP contribution is 2.28. The molecule has 1 aromatic carbocycles. The number of nitrogens with zero attached hydrogens (tertiary/aromatic N) is 1. The molecule has 2 atom stereocenters. The summed E-state index contributed by atoms with van der Waals surface area (Å²) in [7, 11) is 0. The highest BCUT2D eigenvalue weighted by Gasteiger charge is 2.29. The Morgan fingerprint density at radius 3 is 2.67 bits per heavy atom. The molecule has 0 aliphatic carbocycles. The zero-order valence-electron chi connectivity index (χ0n) is 11.3. The number of hydrogen-bond acceptors (Lipinski definition) is 5. The van der Waals surface area contributed by atoms with Gasteiger partial charge in [-0.05, 0) is 31.2 Å². The Labute approximate surface area is 120 Å². The van der Waals surface area contributed by atoms with E-state index in [0.717, 1.165) is 0 Å². The number of esters is 1. The van der Waals surface area contributed by atoms with Crippen LogP contribution < -0.4 is 0 Å². The number of aliphatic hydroxyl groups excluding tert-OH is 2. The van der Waals surface area contributed by atoms with Gasteiger partial charge in [0.1, 0.15) is 11.9 Å². The molecule has 0 radical (unpaired) electrons. The van der Waals surface area contributed by atoms with Crippen LogP contribution in [-0.2, 0) is 9.53 Å². The molecule has 0 spiro atoms. The fourth-order valence-corrected chi connectivity index (χ4v) is 1.89. The Bertz CT molecular complexity index is 612. The number of rotatable bonds is 5. The second-order valence-electron chi connectivity index (χ2n) is 4.35. The first kappa shape index (κ1) is 15.1. The van der Waals surface area contributed by atoms with Crippen molar-refractivity contribution in [3.05, 3.63) is 41.8 Å². The Balaban J connectivity index is 2.27. The molecule has 6 nitrogen and oxygen atoms in total. The van der Waals surface area contributed by atoms with Crippen LogP contribution in [0.4, 0.5) is 4.39 Å². The molecule has 2 rings (SSSR count). The van der Waals surface area contributed by atoms with E-state index in [0.29, 0.717) is 11.3 Å². The van der Waals surface area contributed by atoms with Crippen LogP contribution in [0.25, 0.3) is 11.3 Å². The Kier molecular flexibility index (Phi) is 4.66. The second kappa shape index (κ2) is 6.47. The van der Waals surface area contributed by atoms with Crippen LogP contribution >= 0.6 is 0 Å². The number of carbonyl (C=O) groups is 1. The van der Waals surface area contributed by atoms with E-state index >= 15 is 0 Å². The van der Waals surface area contributed by atoms with E-state index < -0.39 is 24.0 Å². The minimum Gasteiger partial charge on any atom is -0.464 e. The average molecular weight is 294 g/mol. The van der Waals surface area contributed by atoms with Gasteiger partial charge in [-0.1, -0.05) is 0 Å². The highest BCUT2D eigenvalue weighted by molar-refractivity contribution is 5.76. The summed E-state index contributed by atoms with van der Waals surface area (Å²) in [6, 6.07) is 5.51. The van der Waals surface area contributed by atoms with E-state index in [2.05, 4.69) is 14.9 Å². The fraction of sp³-hybridized carbons (Fsp3) is 0.286. The van der Waals surface area contributed by atoms with Gasteiger partial charge < -0.3 is 14.9 Å². The van der Waals surface area contributed by atoms with Crippen molar-refractivity contribution in [1.29, 1.82) is 0 Å². The molecule has 1 aromatic heterocycles. The summed E-state index contributed by atoms with van der Waals surface area (Å²) in [6.07, 6.45) is -1.92. The van der Waals surface area contributed by atoms with Crippen LogP contribution in [0.3, 0.4) is 0 Å². The van der Waals surface area contributed by atoms with E-state index in [1.54, 1.807) is 6.92 Å². The van der Waals surface area contributed by atoms with E-state index in [-0.39, 0.29) is 12.2 Å². The summed E-state index contributed by atoms with van der Waals surface area (Å²) < 4.78 is 17.6. The first-order chi connectivity index (χ1) is 10.0. The predicted molar refractivity (Wildman–Crippen MR) is 71.6 cm³/mol. The SMILES string of the molecule is CCOC(=O)C(O)C(O)c1cn[nH]c1-c1ccc(F)cc1. The maximum absolute atomic E-state index is 12.9. The summed E-state index contributed by atoms with van der Waals surface area (Å²) in [5.74, 6) is -1.32. The van der Waals surface area contributed by atoms with Crippen LogP contribution in [0.2, 0.25) is 0 Å². The quantitative estimate of drug-likeness (QED) is 0.720. The molecule has 0 bridgehead atoms. The third-order valence-electron chi connectivity index (χ3n) is 2.95. The highest BCUT2D eigenvalue weighted by atomic mass is 19.1. The number of ether oxygens (including phenoxy) is 1. The molecule has 0 saturated heterocycles. The summed E-state index contributed by atoms with van der Waals surface area (Å²) in [4.78, 5) is 11.5. The summed E-state index contributed by atoms with van der Waals surface area (Å²) in [5, 5.41) is 26.3. The monoisotopic (exact) mass is 294 g/mol. The number of hydrogen-bond donors (Lipinski definition) is 3. The fourth-order valence-electron chi connectivity index (χ4n) is 1.89. The van der Waals surface area contributed by atoms with Gasteiger partial charge in [0.25, 0.3) is 0 Å². The van der Waals surface area contributed by atoms with Crippen LogP contribution in [0.5, 0.6) is 0 Å². The number of H-pyrrole nitrogens is 1. The van der Waals surface area contributed by atoms with E-state index in [9.17, 15) is 19.4 Å². The van der Waals surface area contributed by atoms with Crippen LogP contribution in [-0.4, -0.2) is 39.1 Å². The van der Waals surface area contributed by atoms with E-state index in [1.165, 1.54) is 30.5 Å². The molecule has 1 heterocycles. The molecule has 0 aliphatic rings. The van der Waals surface area contributed by atoms with Gasteiger partial charge in [0, 0.05) is 11.1 Å². The molecule has 0 amide bonds. The number of aliphatic hydroxyl groups is 2. The lowest BCUT2D eigenvalue weighted by Crippen LogP contribution is -2.30. The topological polar surface area (TPSA) is 95.4 Å². The lowest BCUT2D eigenvalue weighted by atomic mass is 10.0. The summed E-state index contributed by atoms with van der Waals surface area (Å²) in [6.45, 7) is 1.69. The van der Waals surface area contributed by atoms with Crippen molar-refractivity contribution in [1.82, 2.24) is 10.2 Å². The normalized spacial score (nSPS) is 13.7. The minimum absolute atomic E-state index is 0.0961. The third-order valence-corrected chi connectivity index (χ3v) is 2.95. The maximum atomic E-state index is 12.9. The Morgan fingerprint density at radius 2 is 2.05 bits per heavy atom. The van der Waals surface area contributed by atoms with Crippen molar-refractivity contribution < 1.29 is 24.1 Å². The molecule has 0 saturated carbocycles. The van der Waals surface area contributed by atoms with Crippen molar-refractivity contribution >= 4 is 5.97 Å². The number of halogens is 1. The first-order valence-electron chi connectivity index (χ1n) is 6.36. The van der Waals surface area contributed by atoms with E-state index in [1.807, 2.05) is 0 Å². The van der Waals surface area contributed by atoms with E-state index in [4.69, 9.17) is 0 Å². The molecule has 3 N–H and O–H groups in total. The number of aromatic amines is 1. The smallest absolute Gasteiger partial charge is 0.338 e. The third kappa shape index (κ3) is 3.26. The molecular formula is C14H15FN2O4. The standard InChI is InChI=1S/C14H15FN2O4/c1-2-21-14(20)13(19)12(18)10-7-16-17-11(10)8-3-5-9(15)6-4-8/h3-7,12-13,18-19H,2H2,1H3,(H,16,17). The van der Waals surface area contributed by atoms with Crippen molar-refractivity contribution in [3.8, 4) is 11.3 Å². The molecule has 112 valence electrons. The largest absolute Gasteiger partial charge is 0.464 e. The average Bonchev–Trinajstić information content (AvgIpc) is 2.96. The van der Waals surface area contributed by atoms with Gasteiger partial charge in [-0.25, -0.2) is 9.18 Å². The number of benzene rings is 1. The second-order valence-corrected chi connectivity index (χ2v) is 4.35. The van der Waals surface area contributed by atoms with Gasteiger partial charge in [-0.15, -0.1) is 0 Å². The van der Waals surface area contributed by atoms with Crippen LogP contribution in [0, 0.1) is 5.82 Å². The summed E-state index contributed by atoms with van der Waals surface area (Å²) in [5.41, 5.74) is 1.19. The van der Waals surface area contributed by atoms with Gasteiger partial charge in [0.05, 0.1) is 18.5 Å². The first-order valence-corrected chi connectivity index (χ1v) is 6.36. The maximum Gasteiger partial charge on any atom is 0.338 e. The molecule has 2 aromatic rings. The van der Waals surface area contributed by atoms with Crippen LogP contribution in [0.15, 0.2) is 30.5 Å². The Hall–Kier alpha value is -2.25. The lowest BCUT2D eigenvalue weighted by molar-refractivity contribution is -0.159. The zero-order chi connectivity index (χ0) is 15.4. The summed E-state index contributed by atoms with van der Waals surface area (Å²) >= 11 is 0. The molecular weight excluding hydrogens is 279 g/mol. The number of carbonyl (C=O) groups excluding carboxylic acids is 1. The van der Waals surface area contributed by atoms with Gasteiger partial charge in [-0.3, -0.25) is 5.10 Å². The van der Waals surface area contributed by atoms with Crippen molar-refractivity contribution in [2.24, 2.45) is 0 Å². The van der Waals surface area contributed by atoms with Crippen LogP contribution in [0.1, 0.15) is 18.6 Å². The number of aromatic nitrogens is 2. The van der Waals surface area contributed by atoms with Gasteiger partial charge >= 0.3 is 5.97 Å². The molecule has 21 heavy (non-hydrogen) atoms. The van der Waals surface area contributed by atoms with Crippen molar-refractivity contribution in [3.63, 3.8) is 0 Å².